The van der Waals surface area contributed by atoms with Crippen molar-refractivity contribution in [2.24, 2.45) is 0 Å². The summed E-state index contributed by atoms with van der Waals surface area (Å²) in [5, 5.41) is 0.168. The molecule has 4 nitrogen and oxygen atoms in total. The van der Waals surface area contributed by atoms with Gasteiger partial charge in [0.2, 0.25) is 5.78 Å². The van der Waals surface area contributed by atoms with E-state index in [2.05, 4.69) is 0 Å². The lowest BCUT2D eigenvalue weighted by Gasteiger charge is -2.07. The van der Waals surface area contributed by atoms with Crippen LogP contribution in [0.3, 0.4) is 0 Å². The Balaban J connectivity index is 2.04. The normalized spacial score (nSPS) is 16.0. The van der Waals surface area contributed by atoms with Crippen LogP contribution in [0.15, 0.2) is 18.2 Å². The summed E-state index contributed by atoms with van der Waals surface area (Å²) in [6.45, 7) is 1.98. The van der Waals surface area contributed by atoms with Crippen LogP contribution >= 0.6 is 11.3 Å². The summed E-state index contributed by atoms with van der Waals surface area (Å²) in [6, 6.07) is 3.25. The van der Waals surface area contributed by atoms with Crippen molar-refractivity contribution in [3.63, 3.8) is 0 Å². The minimum atomic E-state index is -0.931. The van der Waals surface area contributed by atoms with Crippen molar-refractivity contribution in [3.8, 4) is 0 Å². The molecule has 1 aliphatic carbocycles. The highest BCUT2D eigenvalue weighted by Gasteiger charge is 2.37. The van der Waals surface area contributed by atoms with Gasteiger partial charge in [-0.3, -0.25) is 9.59 Å². The lowest BCUT2D eigenvalue weighted by Crippen LogP contribution is -2.12. The van der Waals surface area contributed by atoms with E-state index < -0.39 is 28.9 Å². The third-order valence-corrected chi connectivity index (χ3v) is 5.23. The molecule has 1 aromatic heterocycles. The average Bonchev–Trinajstić information content (AvgIpc) is 3.04. The monoisotopic (exact) mass is 351 g/mol. The van der Waals surface area contributed by atoms with Crippen molar-refractivity contribution < 1.29 is 23.1 Å². The fourth-order valence-electron chi connectivity index (χ4n) is 3.01. The highest BCUT2D eigenvalue weighted by atomic mass is 32.1. The predicted octanol–water partition coefficient (Wildman–Crippen LogP) is 3.43. The Morgan fingerprint density at radius 1 is 1.29 bits per heavy atom. The van der Waals surface area contributed by atoms with Crippen LogP contribution < -0.4 is 5.73 Å². The van der Waals surface area contributed by atoms with Gasteiger partial charge in [0.1, 0.15) is 11.6 Å². The zero-order valence-corrected chi connectivity index (χ0v) is 13.7. The van der Waals surface area contributed by atoms with E-state index in [0.717, 1.165) is 23.5 Å². The number of esters is 1. The molecule has 0 spiro atoms. The Hall–Kier alpha value is -2.28. The number of nitrogens with two attached hydrogens (primary N) is 1. The Bertz CT molecular complexity index is 811. The van der Waals surface area contributed by atoms with Gasteiger partial charge >= 0.3 is 5.97 Å². The van der Waals surface area contributed by atoms with Gasteiger partial charge in [0.05, 0.1) is 28.7 Å². The molecule has 7 heteroatoms. The second kappa shape index (κ2) is 6.32. The summed E-state index contributed by atoms with van der Waals surface area (Å²) in [7, 11) is 0. The third kappa shape index (κ3) is 2.58. The van der Waals surface area contributed by atoms with Crippen molar-refractivity contribution in [3.05, 3.63) is 51.4 Å². The quantitative estimate of drug-likeness (QED) is 0.677. The molecular formula is C17H15F2NO3S. The van der Waals surface area contributed by atoms with Crippen LogP contribution in [-0.4, -0.2) is 18.4 Å². The van der Waals surface area contributed by atoms with Crippen molar-refractivity contribution in [1.29, 1.82) is 0 Å². The maximum absolute atomic E-state index is 13.9. The Labute approximate surface area is 141 Å². The average molecular weight is 351 g/mol. The largest absolute Gasteiger partial charge is 0.465 e. The van der Waals surface area contributed by atoms with Crippen molar-refractivity contribution in [1.82, 2.24) is 0 Å². The van der Waals surface area contributed by atoms with Crippen molar-refractivity contribution in [2.45, 2.75) is 25.7 Å². The third-order valence-electron chi connectivity index (χ3n) is 4.05. The smallest absolute Gasteiger partial charge is 0.314 e. The minimum Gasteiger partial charge on any atom is -0.465 e. The summed E-state index contributed by atoms with van der Waals surface area (Å²) in [6.07, 6.45) is 0.948. The molecule has 24 heavy (non-hydrogen) atoms. The van der Waals surface area contributed by atoms with Crippen molar-refractivity contribution >= 4 is 28.1 Å². The summed E-state index contributed by atoms with van der Waals surface area (Å²) in [4.78, 5) is 25.3. The van der Waals surface area contributed by atoms with Crippen LogP contribution in [0.1, 0.15) is 45.6 Å². The van der Waals surface area contributed by atoms with E-state index in [1.807, 2.05) is 0 Å². The van der Waals surface area contributed by atoms with E-state index >= 15 is 0 Å². The second-order valence-electron chi connectivity index (χ2n) is 5.45. The van der Waals surface area contributed by atoms with Crippen LogP contribution in [0.2, 0.25) is 0 Å². The molecule has 1 aliphatic rings. The number of rotatable bonds is 4. The number of benzene rings is 1. The lowest BCUT2D eigenvalue weighted by atomic mass is 9.99. The Kier molecular flexibility index (Phi) is 4.36. The molecule has 1 unspecified atom stereocenters. The van der Waals surface area contributed by atoms with Gasteiger partial charge in [0.25, 0.3) is 0 Å². The van der Waals surface area contributed by atoms with Gasteiger partial charge in [0.15, 0.2) is 0 Å². The number of ketones is 1. The summed E-state index contributed by atoms with van der Waals surface area (Å²) in [5.74, 6) is -3.49. The Morgan fingerprint density at radius 2 is 1.96 bits per heavy atom. The summed E-state index contributed by atoms with van der Waals surface area (Å²) >= 11 is 1.11. The SMILES string of the molecule is CCOC(=O)C1CCc2c1sc(N)c2C(=O)c1c(F)cccc1F. The van der Waals surface area contributed by atoms with Gasteiger partial charge in [-0.15, -0.1) is 11.3 Å². The van der Waals surface area contributed by atoms with E-state index in [0.29, 0.717) is 23.3 Å². The number of halogens is 2. The first-order valence-corrected chi connectivity index (χ1v) is 8.33. The standard InChI is InChI=1S/C17H15F2NO3S/c1-2-23-17(22)9-7-6-8-12(16(20)24-15(8)9)14(21)13-10(18)4-3-5-11(13)19/h3-5,9H,2,6-7,20H2,1H3. The lowest BCUT2D eigenvalue weighted by molar-refractivity contribution is -0.144. The van der Waals surface area contributed by atoms with E-state index in [4.69, 9.17) is 10.5 Å². The molecule has 1 heterocycles. The molecule has 2 aromatic rings. The second-order valence-corrected chi connectivity index (χ2v) is 6.54. The van der Waals surface area contributed by atoms with Gasteiger partial charge in [0, 0.05) is 4.88 Å². The first kappa shape index (κ1) is 16.6. The van der Waals surface area contributed by atoms with Gasteiger partial charge < -0.3 is 10.5 Å². The van der Waals surface area contributed by atoms with Crippen LogP contribution in [0.5, 0.6) is 0 Å². The number of carbonyl (C=O) groups excluding carboxylic acids is 2. The first-order chi connectivity index (χ1) is 11.5. The molecule has 0 aliphatic heterocycles. The zero-order valence-electron chi connectivity index (χ0n) is 12.9. The van der Waals surface area contributed by atoms with Crippen molar-refractivity contribution in [2.75, 3.05) is 12.3 Å². The number of nitrogen functional groups attached to an aromatic ring is 1. The number of ether oxygens (including phenoxy) is 1. The van der Waals surface area contributed by atoms with Crippen LogP contribution in [0.4, 0.5) is 13.8 Å². The molecule has 1 atom stereocenters. The summed E-state index contributed by atoms with van der Waals surface area (Å²) in [5.41, 5.74) is 6.01. The minimum absolute atomic E-state index is 0.103. The molecule has 0 bridgehead atoms. The molecule has 1 aromatic carbocycles. The molecule has 0 radical (unpaired) electrons. The molecule has 0 fully saturated rings. The zero-order chi connectivity index (χ0) is 17.4. The number of hydrogen-bond donors (Lipinski definition) is 1. The van der Waals surface area contributed by atoms with Gasteiger partial charge in [-0.25, -0.2) is 8.78 Å². The Morgan fingerprint density at radius 3 is 2.58 bits per heavy atom. The summed E-state index contributed by atoms with van der Waals surface area (Å²) < 4.78 is 32.9. The maximum Gasteiger partial charge on any atom is 0.314 e. The number of anilines is 1. The van der Waals surface area contributed by atoms with Crippen LogP contribution in [-0.2, 0) is 16.0 Å². The van der Waals surface area contributed by atoms with E-state index in [1.165, 1.54) is 6.07 Å². The van der Waals surface area contributed by atoms with Gasteiger partial charge in [-0.2, -0.15) is 0 Å². The number of carbonyl (C=O) groups is 2. The van der Waals surface area contributed by atoms with E-state index in [-0.39, 0.29) is 23.1 Å². The number of fused-ring (bicyclic) bond motifs is 1. The topological polar surface area (TPSA) is 69.4 Å². The molecule has 126 valence electrons. The molecule has 3 rings (SSSR count). The molecule has 0 saturated carbocycles. The number of thiophene rings is 1. The van der Waals surface area contributed by atoms with Gasteiger partial charge in [-0.05, 0) is 37.5 Å². The molecule has 0 amide bonds. The van der Waals surface area contributed by atoms with Gasteiger partial charge in [-0.1, -0.05) is 6.07 Å². The van der Waals surface area contributed by atoms with E-state index in [9.17, 15) is 18.4 Å². The van der Waals surface area contributed by atoms with Crippen LogP contribution in [0, 0.1) is 11.6 Å². The fraction of sp³-hybridized carbons (Fsp3) is 0.294. The maximum atomic E-state index is 13.9. The number of hydrogen-bond acceptors (Lipinski definition) is 5. The fourth-order valence-corrected chi connectivity index (χ4v) is 4.25. The predicted molar refractivity (Wildman–Crippen MR) is 86.2 cm³/mol. The first-order valence-electron chi connectivity index (χ1n) is 7.52. The molecule has 2 N–H and O–H groups in total. The van der Waals surface area contributed by atoms with E-state index in [1.54, 1.807) is 6.92 Å². The molecular weight excluding hydrogens is 336 g/mol. The van der Waals surface area contributed by atoms with Crippen LogP contribution in [0.25, 0.3) is 0 Å². The highest BCUT2D eigenvalue weighted by molar-refractivity contribution is 7.16. The highest BCUT2D eigenvalue weighted by Crippen LogP contribution is 2.45. The molecule has 0 saturated heterocycles.